The quantitative estimate of drug-likeness (QED) is 0.251. The molecule has 1 heterocycles. The summed E-state index contributed by atoms with van der Waals surface area (Å²) in [6.45, 7) is 6.81. The standard InChI is InChI=1S/C28H30N4O7S/c1-5-36-23-17-20(18-24(37-6-2)25(23)38-7-3)27-30-31-28(39-27)29-26(33)19-13-15-22(16-14-19)40(34,35)32(4)21-11-9-8-10-12-21/h8-18H,5-7H2,1-4H3,(H,29,31,33). The van der Waals surface area contributed by atoms with Crippen LogP contribution in [0.3, 0.4) is 0 Å². The van der Waals surface area contributed by atoms with Crippen LogP contribution in [0.25, 0.3) is 11.5 Å². The molecule has 0 aliphatic heterocycles. The average molecular weight is 567 g/mol. The normalized spacial score (nSPS) is 11.1. The molecule has 0 fully saturated rings. The van der Waals surface area contributed by atoms with Gasteiger partial charge in [0.1, 0.15) is 0 Å². The molecule has 0 spiro atoms. The number of anilines is 2. The Labute approximate surface area is 232 Å². The zero-order chi connectivity index (χ0) is 28.7. The van der Waals surface area contributed by atoms with Gasteiger partial charge in [0.05, 0.1) is 30.4 Å². The van der Waals surface area contributed by atoms with Gasteiger partial charge < -0.3 is 18.6 Å². The predicted molar refractivity (Wildman–Crippen MR) is 150 cm³/mol. The van der Waals surface area contributed by atoms with Crippen molar-refractivity contribution in [1.82, 2.24) is 10.2 Å². The van der Waals surface area contributed by atoms with Crippen LogP contribution in [0.1, 0.15) is 31.1 Å². The Bertz CT molecular complexity index is 1530. The fraction of sp³-hybridized carbons (Fsp3) is 0.250. The van der Waals surface area contributed by atoms with E-state index in [0.717, 1.165) is 0 Å². The molecule has 1 aromatic heterocycles. The van der Waals surface area contributed by atoms with Gasteiger partial charge >= 0.3 is 6.01 Å². The number of hydrogen-bond donors (Lipinski definition) is 1. The fourth-order valence-corrected chi connectivity index (χ4v) is 4.98. The second-order valence-electron chi connectivity index (χ2n) is 8.30. The molecule has 0 radical (unpaired) electrons. The largest absolute Gasteiger partial charge is 0.490 e. The number of sulfonamides is 1. The minimum atomic E-state index is -3.81. The number of para-hydroxylation sites is 1. The zero-order valence-corrected chi connectivity index (χ0v) is 23.4. The van der Waals surface area contributed by atoms with Gasteiger partial charge in [0, 0.05) is 18.2 Å². The van der Waals surface area contributed by atoms with Crippen LogP contribution >= 0.6 is 0 Å². The number of rotatable bonds is 12. The molecule has 0 saturated heterocycles. The van der Waals surface area contributed by atoms with E-state index in [2.05, 4.69) is 15.5 Å². The maximum absolute atomic E-state index is 13.0. The van der Waals surface area contributed by atoms with E-state index in [9.17, 15) is 13.2 Å². The van der Waals surface area contributed by atoms with Gasteiger partial charge in [0.2, 0.25) is 11.6 Å². The van der Waals surface area contributed by atoms with Crippen molar-refractivity contribution in [2.75, 3.05) is 36.5 Å². The molecular formula is C28H30N4O7S. The number of hydrogen-bond acceptors (Lipinski definition) is 9. The number of ether oxygens (including phenoxy) is 3. The number of amides is 1. The molecule has 40 heavy (non-hydrogen) atoms. The second-order valence-corrected chi connectivity index (χ2v) is 10.3. The summed E-state index contributed by atoms with van der Waals surface area (Å²) in [5.74, 6) is 0.977. The van der Waals surface area contributed by atoms with Crippen molar-refractivity contribution in [1.29, 1.82) is 0 Å². The van der Waals surface area contributed by atoms with E-state index in [4.69, 9.17) is 18.6 Å². The predicted octanol–water partition coefficient (Wildman–Crippen LogP) is 5.01. The summed E-state index contributed by atoms with van der Waals surface area (Å²) in [5.41, 5.74) is 1.24. The van der Waals surface area contributed by atoms with Crippen molar-refractivity contribution in [2.45, 2.75) is 25.7 Å². The highest BCUT2D eigenvalue weighted by molar-refractivity contribution is 7.92. The highest BCUT2D eigenvalue weighted by Crippen LogP contribution is 2.42. The molecule has 4 rings (SSSR count). The number of nitrogens with one attached hydrogen (secondary N) is 1. The van der Waals surface area contributed by atoms with Crippen LogP contribution in [0.15, 0.2) is 76.0 Å². The molecule has 11 nitrogen and oxygen atoms in total. The molecule has 0 bridgehead atoms. The third-order valence-corrected chi connectivity index (χ3v) is 7.50. The van der Waals surface area contributed by atoms with Gasteiger partial charge in [-0.05, 0) is 69.3 Å². The number of benzene rings is 3. The lowest BCUT2D eigenvalue weighted by atomic mass is 10.2. The molecule has 3 aromatic carbocycles. The summed E-state index contributed by atoms with van der Waals surface area (Å²) in [6.07, 6.45) is 0. The van der Waals surface area contributed by atoms with Gasteiger partial charge in [-0.1, -0.05) is 23.3 Å². The SMILES string of the molecule is CCOc1cc(-c2nnc(NC(=O)c3ccc(S(=O)(=O)N(C)c4ccccc4)cc3)o2)cc(OCC)c1OCC. The van der Waals surface area contributed by atoms with Crippen molar-refractivity contribution in [3.63, 3.8) is 0 Å². The Kier molecular flexibility index (Phi) is 8.90. The number of carbonyl (C=O) groups excluding carboxylic acids is 1. The maximum Gasteiger partial charge on any atom is 0.322 e. The first kappa shape index (κ1) is 28.4. The summed E-state index contributed by atoms with van der Waals surface area (Å²) in [5, 5.41) is 10.5. The Morgan fingerprint density at radius 1 is 0.875 bits per heavy atom. The van der Waals surface area contributed by atoms with Gasteiger partial charge in [-0.2, -0.15) is 0 Å². The van der Waals surface area contributed by atoms with E-state index in [0.29, 0.717) is 48.3 Å². The van der Waals surface area contributed by atoms with Gasteiger partial charge in [0.25, 0.3) is 15.9 Å². The third-order valence-electron chi connectivity index (χ3n) is 5.70. The number of aromatic nitrogens is 2. The van der Waals surface area contributed by atoms with Crippen molar-refractivity contribution in [3.8, 4) is 28.7 Å². The fourth-order valence-electron chi connectivity index (χ4n) is 3.78. The Morgan fingerprint density at radius 2 is 1.48 bits per heavy atom. The Balaban J connectivity index is 1.51. The van der Waals surface area contributed by atoms with Gasteiger partial charge in [-0.15, -0.1) is 5.10 Å². The van der Waals surface area contributed by atoms with Gasteiger partial charge in [-0.25, -0.2) is 8.42 Å². The van der Waals surface area contributed by atoms with Crippen molar-refractivity contribution in [2.24, 2.45) is 0 Å². The molecule has 0 saturated carbocycles. The van der Waals surface area contributed by atoms with E-state index in [-0.39, 0.29) is 22.4 Å². The van der Waals surface area contributed by atoms with Crippen LogP contribution < -0.4 is 23.8 Å². The van der Waals surface area contributed by atoms with E-state index >= 15 is 0 Å². The highest BCUT2D eigenvalue weighted by atomic mass is 32.2. The molecule has 4 aromatic rings. The molecule has 0 aliphatic carbocycles. The minimum absolute atomic E-state index is 0.0428. The molecule has 0 unspecified atom stereocenters. The van der Waals surface area contributed by atoms with E-state index in [1.165, 1.54) is 35.6 Å². The molecule has 1 N–H and O–H groups in total. The Hall–Kier alpha value is -4.58. The third kappa shape index (κ3) is 6.18. The maximum atomic E-state index is 13.0. The second kappa shape index (κ2) is 12.5. The van der Waals surface area contributed by atoms with Crippen LogP contribution in [0.4, 0.5) is 11.7 Å². The lowest BCUT2D eigenvalue weighted by molar-refractivity contribution is 0.102. The first-order valence-corrected chi connectivity index (χ1v) is 14.1. The molecule has 1 amide bonds. The van der Waals surface area contributed by atoms with Crippen LogP contribution in [-0.4, -0.2) is 51.4 Å². The van der Waals surface area contributed by atoms with Gasteiger partial charge in [0.15, 0.2) is 11.5 Å². The summed E-state index contributed by atoms with van der Waals surface area (Å²) in [4.78, 5) is 12.9. The van der Waals surface area contributed by atoms with Crippen molar-refractivity contribution in [3.05, 3.63) is 72.3 Å². The molecule has 210 valence electrons. The average Bonchev–Trinajstić information content (AvgIpc) is 3.43. The topological polar surface area (TPSA) is 133 Å². The summed E-state index contributed by atoms with van der Waals surface area (Å²) >= 11 is 0. The van der Waals surface area contributed by atoms with Crippen LogP contribution in [0.2, 0.25) is 0 Å². The van der Waals surface area contributed by atoms with Gasteiger partial charge in [-0.3, -0.25) is 14.4 Å². The number of nitrogens with zero attached hydrogens (tertiary/aromatic N) is 3. The van der Waals surface area contributed by atoms with Crippen LogP contribution in [-0.2, 0) is 10.0 Å². The minimum Gasteiger partial charge on any atom is -0.490 e. The van der Waals surface area contributed by atoms with Crippen LogP contribution in [0.5, 0.6) is 17.2 Å². The lowest BCUT2D eigenvalue weighted by Crippen LogP contribution is -2.26. The van der Waals surface area contributed by atoms with Crippen LogP contribution in [0, 0.1) is 0 Å². The molecule has 0 aliphatic rings. The Morgan fingerprint density at radius 3 is 2.05 bits per heavy atom. The molecule has 12 heteroatoms. The van der Waals surface area contributed by atoms with E-state index in [1.54, 1.807) is 42.5 Å². The first-order valence-electron chi connectivity index (χ1n) is 12.6. The first-order chi connectivity index (χ1) is 19.3. The van der Waals surface area contributed by atoms with Crippen molar-refractivity contribution < 1.29 is 31.8 Å². The highest BCUT2D eigenvalue weighted by Gasteiger charge is 2.23. The lowest BCUT2D eigenvalue weighted by Gasteiger charge is -2.19. The van der Waals surface area contributed by atoms with Crippen molar-refractivity contribution >= 4 is 27.6 Å². The van der Waals surface area contributed by atoms with E-state index < -0.39 is 15.9 Å². The zero-order valence-electron chi connectivity index (χ0n) is 22.6. The smallest absolute Gasteiger partial charge is 0.322 e. The number of carbonyl (C=O) groups is 1. The summed E-state index contributed by atoms with van der Waals surface area (Å²) < 4.78 is 50.0. The molecule has 0 atom stereocenters. The summed E-state index contributed by atoms with van der Waals surface area (Å²) in [6, 6.07) is 17.5. The van der Waals surface area contributed by atoms with E-state index in [1.807, 2.05) is 20.8 Å². The molecular weight excluding hydrogens is 536 g/mol. The summed E-state index contributed by atoms with van der Waals surface area (Å²) in [7, 11) is -2.34. The monoisotopic (exact) mass is 566 g/mol.